The van der Waals surface area contributed by atoms with Crippen molar-refractivity contribution in [3.63, 3.8) is 0 Å². The third-order valence-corrected chi connectivity index (χ3v) is 4.47. The van der Waals surface area contributed by atoms with Crippen molar-refractivity contribution in [2.24, 2.45) is 0 Å². The van der Waals surface area contributed by atoms with Gasteiger partial charge in [0.05, 0.1) is 17.6 Å². The van der Waals surface area contributed by atoms with Crippen LogP contribution in [0, 0.1) is 0 Å². The average molecular weight is 367 g/mol. The minimum absolute atomic E-state index is 0.114. The quantitative estimate of drug-likeness (QED) is 0.552. The number of rotatable bonds is 8. The molecule has 0 amide bonds. The minimum Gasteiger partial charge on any atom is -0.508 e. The molecule has 3 rings (SSSR count). The second-order valence-electron chi connectivity index (χ2n) is 6.48. The molecule has 0 aliphatic carbocycles. The van der Waals surface area contributed by atoms with Crippen LogP contribution in [-0.2, 0) is 13.1 Å². The van der Waals surface area contributed by atoms with Crippen LogP contribution in [0.5, 0.6) is 17.4 Å². The number of allylic oxidation sites excluding steroid dienone is 1. The molecule has 0 bridgehead atoms. The van der Waals surface area contributed by atoms with E-state index in [2.05, 4.69) is 11.9 Å². The van der Waals surface area contributed by atoms with E-state index < -0.39 is 0 Å². The second-order valence-corrected chi connectivity index (χ2v) is 6.48. The van der Waals surface area contributed by atoms with Crippen LogP contribution >= 0.6 is 0 Å². The third-order valence-electron chi connectivity index (χ3n) is 4.47. The Morgan fingerprint density at radius 1 is 1.15 bits per heavy atom. The van der Waals surface area contributed by atoms with Crippen LogP contribution in [0.2, 0.25) is 0 Å². The van der Waals surface area contributed by atoms with Crippen LogP contribution in [0.25, 0.3) is 17.2 Å². The van der Waals surface area contributed by atoms with E-state index >= 15 is 0 Å². The van der Waals surface area contributed by atoms with E-state index in [4.69, 9.17) is 0 Å². The maximum Gasteiger partial charge on any atom is 0.235 e. The number of benzene rings is 1. The van der Waals surface area contributed by atoms with Gasteiger partial charge < -0.3 is 24.5 Å². The molecule has 0 unspecified atom stereocenters. The first kappa shape index (κ1) is 18.6. The highest BCUT2D eigenvalue weighted by molar-refractivity contribution is 5.82. The first-order valence-electron chi connectivity index (χ1n) is 9.18. The van der Waals surface area contributed by atoms with Gasteiger partial charge in [-0.15, -0.1) is 0 Å². The predicted molar refractivity (Wildman–Crippen MR) is 106 cm³/mol. The topological polar surface area (TPSA) is 83.4 Å². The van der Waals surface area contributed by atoms with E-state index in [0.717, 1.165) is 31.5 Å². The summed E-state index contributed by atoms with van der Waals surface area (Å²) < 4.78 is 3.70. The molecule has 142 valence electrons. The van der Waals surface area contributed by atoms with Crippen LogP contribution < -0.4 is 0 Å². The third kappa shape index (κ3) is 4.16. The summed E-state index contributed by atoms with van der Waals surface area (Å²) in [6, 6.07) is 6.69. The monoisotopic (exact) mass is 367 g/mol. The highest BCUT2D eigenvalue weighted by atomic mass is 16.3. The fraction of sp³-hybridized carbons (Fsp3) is 0.286. The highest BCUT2D eigenvalue weighted by Gasteiger charge is 2.22. The summed E-state index contributed by atoms with van der Waals surface area (Å²) in [7, 11) is 0. The molecule has 6 nitrogen and oxygen atoms in total. The molecule has 0 saturated carbocycles. The van der Waals surface area contributed by atoms with Crippen molar-refractivity contribution in [1.82, 2.24) is 14.1 Å². The molecule has 0 aliphatic heterocycles. The van der Waals surface area contributed by atoms with Gasteiger partial charge in [-0.25, -0.2) is 4.98 Å². The zero-order valence-electron chi connectivity index (χ0n) is 15.4. The van der Waals surface area contributed by atoms with E-state index in [1.165, 1.54) is 0 Å². The van der Waals surface area contributed by atoms with E-state index in [9.17, 15) is 15.3 Å². The number of phenolic OH excluding ortho intramolecular Hbond substituents is 1. The number of hydrogen-bond acceptors (Lipinski definition) is 4. The molecule has 1 aromatic carbocycles. The summed E-state index contributed by atoms with van der Waals surface area (Å²) >= 11 is 0. The molecule has 6 heteroatoms. The molecule has 0 radical (unpaired) electrons. The van der Waals surface area contributed by atoms with Crippen molar-refractivity contribution in [2.75, 3.05) is 0 Å². The number of unbranched alkanes of at least 4 members (excludes halogenated alkanes) is 1. The van der Waals surface area contributed by atoms with Gasteiger partial charge in [-0.05, 0) is 36.6 Å². The highest BCUT2D eigenvalue weighted by Crippen LogP contribution is 2.43. The number of imidazole rings is 1. The Morgan fingerprint density at radius 2 is 2.00 bits per heavy atom. The molecule has 3 aromatic rings. The smallest absolute Gasteiger partial charge is 0.235 e. The lowest BCUT2D eigenvalue weighted by Gasteiger charge is -2.10. The Hall–Kier alpha value is -3.15. The van der Waals surface area contributed by atoms with Crippen molar-refractivity contribution in [3.8, 4) is 28.5 Å². The van der Waals surface area contributed by atoms with Crippen molar-refractivity contribution in [3.05, 3.63) is 54.8 Å². The number of aryl methyl sites for hydroxylation is 1. The molecular weight excluding hydrogens is 342 g/mol. The molecule has 0 atom stereocenters. The van der Waals surface area contributed by atoms with Crippen molar-refractivity contribution < 1.29 is 15.3 Å². The SMILES string of the molecule is CCCC=Cc1c(-c2cccc(O)c2)c(O)c(O)n1CCCn1ccnc1. The van der Waals surface area contributed by atoms with Crippen LogP contribution in [-0.4, -0.2) is 29.4 Å². The van der Waals surface area contributed by atoms with E-state index in [0.29, 0.717) is 17.7 Å². The van der Waals surface area contributed by atoms with E-state index in [-0.39, 0.29) is 17.4 Å². The molecule has 0 saturated heterocycles. The Balaban J connectivity index is 1.96. The Kier molecular flexibility index (Phi) is 5.86. The Morgan fingerprint density at radius 3 is 2.70 bits per heavy atom. The van der Waals surface area contributed by atoms with Crippen LogP contribution in [0.4, 0.5) is 0 Å². The fourth-order valence-electron chi connectivity index (χ4n) is 3.15. The number of phenols is 1. The van der Waals surface area contributed by atoms with Crippen LogP contribution in [0.3, 0.4) is 0 Å². The molecular formula is C21H25N3O3. The van der Waals surface area contributed by atoms with Gasteiger partial charge in [-0.3, -0.25) is 0 Å². The lowest BCUT2D eigenvalue weighted by atomic mass is 10.0. The van der Waals surface area contributed by atoms with Gasteiger partial charge in [0.2, 0.25) is 5.88 Å². The molecule has 2 aromatic heterocycles. The number of aromatic nitrogens is 3. The first-order valence-corrected chi connectivity index (χ1v) is 9.18. The number of aromatic hydroxyl groups is 3. The summed E-state index contributed by atoms with van der Waals surface area (Å²) in [6.07, 6.45) is 12.0. The molecule has 2 heterocycles. The Labute approximate surface area is 158 Å². The van der Waals surface area contributed by atoms with Crippen molar-refractivity contribution >= 4 is 6.08 Å². The number of nitrogens with zero attached hydrogens (tertiary/aromatic N) is 3. The van der Waals surface area contributed by atoms with Gasteiger partial charge in [0.25, 0.3) is 0 Å². The molecule has 0 spiro atoms. The summed E-state index contributed by atoms with van der Waals surface area (Å²) in [5, 5.41) is 30.9. The fourth-order valence-corrected chi connectivity index (χ4v) is 3.15. The molecule has 0 fully saturated rings. The predicted octanol–water partition coefficient (Wildman–Crippen LogP) is 4.37. The summed E-state index contributed by atoms with van der Waals surface area (Å²) in [5.74, 6) is -0.211. The van der Waals surface area contributed by atoms with Crippen LogP contribution in [0.15, 0.2) is 49.1 Å². The molecule has 0 aliphatic rings. The number of hydrogen-bond donors (Lipinski definition) is 3. The van der Waals surface area contributed by atoms with Gasteiger partial charge in [-0.2, -0.15) is 0 Å². The van der Waals surface area contributed by atoms with Crippen LogP contribution in [0.1, 0.15) is 31.9 Å². The maximum atomic E-state index is 10.6. The molecule has 27 heavy (non-hydrogen) atoms. The zero-order chi connectivity index (χ0) is 19.2. The largest absolute Gasteiger partial charge is 0.508 e. The lowest BCUT2D eigenvalue weighted by molar-refractivity contribution is 0.367. The van der Waals surface area contributed by atoms with Crippen molar-refractivity contribution in [2.45, 2.75) is 39.3 Å². The van der Waals surface area contributed by atoms with Crippen molar-refractivity contribution in [1.29, 1.82) is 0 Å². The van der Waals surface area contributed by atoms with Gasteiger partial charge in [-0.1, -0.05) is 31.6 Å². The lowest BCUT2D eigenvalue weighted by Crippen LogP contribution is -2.04. The first-order chi connectivity index (χ1) is 13.1. The van der Waals surface area contributed by atoms with E-state index in [1.54, 1.807) is 41.4 Å². The summed E-state index contributed by atoms with van der Waals surface area (Å²) in [4.78, 5) is 4.03. The van der Waals surface area contributed by atoms with Gasteiger partial charge in [0, 0.05) is 25.5 Å². The standard InChI is InChI=1S/C21H25N3O3/c1-2-3-4-9-18-19(16-7-5-8-17(25)14-16)20(26)21(27)24(18)12-6-11-23-13-10-22-15-23/h4-5,7-10,13-15,25-27H,2-3,6,11-12H2,1H3. The second kappa shape index (κ2) is 8.49. The van der Waals surface area contributed by atoms with Gasteiger partial charge >= 0.3 is 0 Å². The average Bonchev–Trinajstić information content (AvgIpc) is 3.24. The maximum absolute atomic E-state index is 10.6. The summed E-state index contributed by atoms with van der Waals surface area (Å²) in [5.41, 5.74) is 1.92. The zero-order valence-corrected chi connectivity index (χ0v) is 15.4. The normalized spacial score (nSPS) is 11.4. The van der Waals surface area contributed by atoms with Gasteiger partial charge in [0.15, 0.2) is 5.75 Å². The summed E-state index contributed by atoms with van der Waals surface area (Å²) in [6.45, 7) is 3.40. The van der Waals surface area contributed by atoms with Gasteiger partial charge in [0.1, 0.15) is 5.75 Å². The minimum atomic E-state index is -0.167. The molecule has 3 N–H and O–H groups in total. The Bertz CT molecular complexity index is 911. The van der Waals surface area contributed by atoms with E-state index in [1.807, 2.05) is 22.9 Å².